The highest BCUT2D eigenvalue weighted by atomic mass is 28.2. The molecule has 0 saturated carbocycles. The van der Waals surface area contributed by atoms with Crippen LogP contribution in [0.25, 0.3) is 0 Å². The van der Waals surface area contributed by atoms with Gasteiger partial charge >= 0.3 is 0 Å². The van der Waals surface area contributed by atoms with Crippen molar-refractivity contribution in [2.75, 3.05) is 7.11 Å². The quantitative estimate of drug-likeness (QED) is 0.313. The van der Waals surface area contributed by atoms with E-state index in [1.807, 2.05) is 0 Å². The van der Waals surface area contributed by atoms with Crippen molar-refractivity contribution in [1.82, 2.24) is 0 Å². The molecule has 0 saturated heterocycles. The summed E-state index contributed by atoms with van der Waals surface area (Å²) in [7, 11) is 2.56. The van der Waals surface area contributed by atoms with Crippen LogP contribution in [0.5, 0.6) is 0 Å². The van der Waals surface area contributed by atoms with Gasteiger partial charge in [0, 0.05) is 7.11 Å². The molecule has 0 heterocycles. The van der Waals surface area contributed by atoms with Crippen LogP contribution in [0.15, 0.2) is 0 Å². The van der Waals surface area contributed by atoms with Gasteiger partial charge < -0.3 is 9.90 Å². The molecule has 0 rings (SSSR count). The minimum Gasteiger partial charge on any atom is -0.431 e. The SMILES string of the molecule is CO[SiH3].O. The summed E-state index contributed by atoms with van der Waals surface area (Å²) >= 11 is 0. The van der Waals surface area contributed by atoms with E-state index in [-0.39, 0.29) is 5.48 Å². The molecular formula is CH8O2Si. The van der Waals surface area contributed by atoms with Crippen LogP contribution >= 0.6 is 0 Å². The molecule has 3 heteroatoms. The Balaban J connectivity index is 0. The average molecular weight is 80.2 g/mol. The first-order valence-electron chi connectivity index (χ1n) is 0.816. The van der Waals surface area contributed by atoms with Gasteiger partial charge in [0.15, 0.2) is 0 Å². The van der Waals surface area contributed by atoms with Crippen molar-refractivity contribution in [1.29, 1.82) is 0 Å². The summed E-state index contributed by atoms with van der Waals surface area (Å²) in [5.74, 6) is 0. The Kier molecular flexibility index (Phi) is 24.7. The smallest absolute Gasteiger partial charge is 0.145 e. The molecule has 0 aliphatic carbocycles. The van der Waals surface area contributed by atoms with Crippen LogP contribution in [0, 0.1) is 0 Å². The van der Waals surface area contributed by atoms with Gasteiger partial charge in [0.25, 0.3) is 0 Å². The fourth-order valence-corrected chi connectivity index (χ4v) is 0. The number of hydrogen-bond donors (Lipinski definition) is 0. The third-order valence-electron chi connectivity index (χ3n) is 0. The summed E-state index contributed by atoms with van der Waals surface area (Å²) in [6.45, 7) is 0. The predicted octanol–water partition coefficient (Wildman–Crippen LogP) is -1.91. The van der Waals surface area contributed by atoms with E-state index >= 15 is 0 Å². The highest BCUT2D eigenvalue weighted by molar-refractivity contribution is 5.97. The van der Waals surface area contributed by atoms with E-state index in [1.54, 1.807) is 7.11 Å². The second-order valence-electron chi connectivity index (χ2n) is 0.408. The van der Waals surface area contributed by atoms with Crippen LogP contribution < -0.4 is 0 Å². The summed E-state index contributed by atoms with van der Waals surface area (Å²) in [5.41, 5.74) is 0. The van der Waals surface area contributed by atoms with Gasteiger partial charge in [0.1, 0.15) is 10.5 Å². The van der Waals surface area contributed by atoms with Gasteiger partial charge in [-0.05, 0) is 0 Å². The molecule has 0 bridgehead atoms. The lowest BCUT2D eigenvalue weighted by atomic mass is 11.8. The molecule has 0 atom stereocenters. The Morgan fingerprint density at radius 1 is 1.75 bits per heavy atom. The van der Waals surface area contributed by atoms with E-state index in [9.17, 15) is 0 Å². The standard InChI is InChI=1S/CH6OSi.H2O/c1-2-3;/h1,3H3;1H2. The number of rotatable bonds is 0. The van der Waals surface area contributed by atoms with Crippen molar-refractivity contribution in [2.24, 2.45) is 0 Å². The first-order valence-corrected chi connectivity index (χ1v) is 1.63. The Hall–Kier alpha value is 0.137. The third kappa shape index (κ3) is 147. The monoisotopic (exact) mass is 80.0 g/mol. The Labute approximate surface area is 28.6 Å². The molecule has 0 aliphatic heterocycles. The molecule has 0 aromatic heterocycles. The maximum absolute atomic E-state index is 4.39. The van der Waals surface area contributed by atoms with Crippen molar-refractivity contribution in [3.63, 3.8) is 0 Å². The largest absolute Gasteiger partial charge is 0.431 e. The lowest BCUT2D eigenvalue weighted by Crippen LogP contribution is -1.60. The lowest BCUT2D eigenvalue weighted by molar-refractivity contribution is 0.460. The molecule has 0 aromatic carbocycles. The molecule has 2 nitrogen and oxygen atoms in total. The van der Waals surface area contributed by atoms with Gasteiger partial charge in [-0.1, -0.05) is 0 Å². The molecule has 2 N–H and O–H groups in total. The molecule has 0 amide bonds. The van der Waals surface area contributed by atoms with Crippen molar-refractivity contribution in [3.8, 4) is 0 Å². The van der Waals surface area contributed by atoms with E-state index < -0.39 is 0 Å². The fourth-order valence-electron chi connectivity index (χ4n) is 0. The minimum atomic E-state index is 0. The van der Waals surface area contributed by atoms with E-state index in [1.165, 1.54) is 0 Å². The molecule has 28 valence electrons. The van der Waals surface area contributed by atoms with Crippen LogP contribution in [0.3, 0.4) is 0 Å². The Morgan fingerprint density at radius 3 is 1.75 bits per heavy atom. The van der Waals surface area contributed by atoms with Gasteiger partial charge in [-0.3, -0.25) is 0 Å². The third-order valence-corrected chi connectivity index (χ3v) is 0. The van der Waals surface area contributed by atoms with Gasteiger partial charge in [-0.25, -0.2) is 0 Å². The van der Waals surface area contributed by atoms with Crippen LogP contribution in [0.2, 0.25) is 0 Å². The van der Waals surface area contributed by atoms with Gasteiger partial charge in [-0.15, -0.1) is 0 Å². The zero-order valence-corrected chi connectivity index (χ0v) is 4.91. The molecule has 0 unspecified atom stereocenters. The van der Waals surface area contributed by atoms with Crippen molar-refractivity contribution < 1.29 is 9.90 Å². The van der Waals surface area contributed by atoms with Crippen LogP contribution in [0.1, 0.15) is 0 Å². The van der Waals surface area contributed by atoms with Crippen molar-refractivity contribution in [2.45, 2.75) is 0 Å². The first kappa shape index (κ1) is 8.91. The molecule has 0 aliphatic rings. The first-order chi connectivity index (χ1) is 1.41. The summed E-state index contributed by atoms with van der Waals surface area (Å²) in [5, 5.41) is 0. The molecule has 4 heavy (non-hydrogen) atoms. The lowest BCUT2D eigenvalue weighted by Gasteiger charge is -1.61. The summed E-state index contributed by atoms with van der Waals surface area (Å²) < 4.78 is 4.39. The Bertz CT molecular complexity index is 6.00. The Morgan fingerprint density at radius 2 is 1.75 bits per heavy atom. The van der Waals surface area contributed by atoms with Crippen LogP contribution in [-0.4, -0.2) is 23.1 Å². The van der Waals surface area contributed by atoms with Gasteiger partial charge in [0.2, 0.25) is 0 Å². The summed E-state index contributed by atoms with van der Waals surface area (Å²) in [6, 6.07) is 0. The number of hydrogen-bond acceptors (Lipinski definition) is 1. The van der Waals surface area contributed by atoms with Crippen LogP contribution in [0.4, 0.5) is 0 Å². The maximum Gasteiger partial charge on any atom is 0.145 e. The second kappa shape index (κ2) is 11.1. The zero-order chi connectivity index (χ0) is 2.71. The molecule has 0 aromatic rings. The highest BCUT2D eigenvalue weighted by Crippen LogP contribution is 1.24. The van der Waals surface area contributed by atoms with Gasteiger partial charge in [0.05, 0.1) is 0 Å². The minimum absolute atomic E-state index is 0. The zero-order valence-electron chi connectivity index (χ0n) is 2.91. The summed E-state index contributed by atoms with van der Waals surface area (Å²) in [6.07, 6.45) is 0. The van der Waals surface area contributed by atoms with Crippen LogP contribution in [-0.2, 0) is 4.43 Å². The van der Waals surface area contributed by atoms with E-state index in [4.69, 9.17) is 0 Å². The van der Waals surface area contributed by atoms with Crippen molar-refractivity contribution in [3.05, 3.63) is 0 Å². The maximum atomic E-state index is 4.39. The van der Waals surface area contributed by atoms with Gasteiger partial charge in [-0.2, -0.15) is 0 Å². The molecule has 0 fully saturated rings. The predicted molar refractivity (Wildman–Crippen MR) is 20.6 cm³/mol. The fraction of sp³-hybridized carbons (Fsp3) is 1.00. The second-order valence-corrected chi connectivity index (χ2v) is 1.22. The summed E-state index contributed by atoms with van der Waals surface area (Å²) in [4.78, 5) is 0. The normalized spacial score (nSPS) is 5.25. The van der Waals surface area contributed by atoms with E-state index in [0.717, 1.165) is 10.5 Å². The van der Waals surface area contributed by atoms with E-state index in [2.05, 4.69) is 4.43 Å². The van der Waals surface area contributed by atoms with Crippen molar-refractivity contribution >= 4 is 10.5 Å². The van der Waals surface area contributed by atoms with E-state index in [0.29, 0.717) is 0 Å². The molecule has 0 spiro atoms. The molecular weight excluding hydrogens is 72.1 g/mol. The highest BCUT2D eigenvalue weighted by Gasteiger charge is 1.27. The topological polar surface area (TPSA) is 40.7 Å². The molecule has 0 radical (unpaired) electrons. The average Bonchev–Trinajstić information content (AvgIpc) is 0.918.